The van der Waals surface area contributed by atoms with Crippen LogP contribution in [0, 0.1) is 18.3 Å². The number of pyridine rings is 1. The molecule has 4 rings (SSSR count). The Labute approximate surface area is 202 Å². The van der Waals surface area contributed by atoms with Gasteiger partial charge in [0.25, 0.3) is 0 Å². The third-order valence-corrected chi connectivity index (χ3v) is 6.44. The molecule has 0 saturated carbocycles. The van der Waals surface area contributed by atoms with Gasteiger partial charge in [-0.3, -0.25) is 4.40 Å². The molecule has 0 aliphatic rings. The van der Waals surface area contributed by atoms with Crippen LogP contribution in [0.2, 0.25) is 0 Å². The van der Waals surface area contributed by atoms with Crippen molar-refractivity contribution in [2.45, 2.75) is 65.7 Å². The SMILES string of the molecule is CCCCCCCCc1c(C)c(C#N)c2nc3ccccc3n2c1Nc1ccc(OCC)cc1. The Morgan fingerprint density at radius 1 is 0.971 bits per heavy atom. The van der Waals surface area contributed by atoms with Crippen LogP contribution in [0.3, 0.4) is 0 Å². The van der Waals surface area contributed by atoms with Crippen LogP contribution in [0.15, 0.2) is 48.5 Å². The molecule has 0 radical (unpaired) electrons. The molecule has 0 aliphatic carbocycles. The maximum Gasteiger partial charge on any atom is 0.157 e. The molecule has 4 aromatic rings. The van der Waals surface area contributed by atoms with Gasteiger partial charge in [-0.1, -0.05) is 51.2 Å². The number of nitrogens with one attached hydrogen (secondary N) is 1. The fraction of sp³-hybridized carbons (Fsp3) is 0.379. The predicted molar refractivity (Wildman–Crippen MR) is 140 cm³/mol. The van der Waals surface area contributed by atoms with Gasteiger partial charge < -0.3 is 10.1 Å². The van der Waals surface area contributed by atoms with E-state index in [4.69, 9.17) is 9.72 Å². The zero-order chi connectivity index (χ0) is 23.9. The highest BCUT2D eigenvalue weighted by Crippen LogP contribution is 2.34. The Morgan fingerprint density at radius 2 is 1.71 bits per heavy atom. The zero-order valence-corrected chi connectivity index (χ0v) is 20.5. The van der Waals surface area contributed by atoms with Crippen molar-refractivity contribution in [3.8, 4) is 11.8 Å². The highest BCUT2D eigenvalue weighted by Gasteiger charge is 2.20. The quantitative estimate of drug-likeness (QED) is 0.236. The van der Waals surface area contributed by atoms with E-state index in [0.717, 1.165) is 46.7 Å². The molecule has 2 aromatic heterocycles. The third kappa shape index (κ3) is 4.87. The van der Waals surface area contributed by atoms with Gasteiger partial charge in [-0.2, -0.15) is 5.26 Å². The van der Waals surface area contributed by atoms with Gasteiger partial charge in [0, 0.05) is 5.69 Å². The van der Waals surface area contributed by atoms with Crippen molar-refractivity contribution < 1.29 is 4.74 Å². The third-order valence-electron chi connectivity index (χ3n) is 6.44. The molecule has 2 aromatic carbocycles. The van der Waals surface area contributed by atoms with Gasteiger partial charge in [-0.05, 0) is 74.2 Å². The standard InChI is InChI=1S/C29H34N4O/c1-4-6-7-8-9-10-13-24-21(3)25(20-30)29-32-26-14-11-12-15-27(26)33(29)28(24)31-22-16-18-23(19-17-22)34-5-2/h11-12,14-19,31H,4-10,13H2,1-3H3. The second-order valence-corrected chi connectivity index (χ2v) is 8.80. The van der Waals surface area contributed by atoms with E-state index < -0.39 is 0 Å². The molecule has 0 spiro atoms. The number of benzene rings is 2. The summed E-state index contributed by atoms with van der Waals surface area (Å²) in [5.41, 5.74) is 6.46. The molecule has 0 saturated heterocycles. The van der Waals surface area contributed by atoms with Crippen molar-refractivity contribution in [3.63, 3.8) is 0 Å². The summed E-state index contributed by atoms with van der Waals surface area (Å²) in [5, 5.41) is 13.7. The smallest absolute Gasteiger partial charge is 0.157 e. The van der Waals surface area contributed by atoms with Crippen LogP contribution in [0.4, 0.5) is 11.5 Å². The summed E-state index contributed by atoms with van der Waals surface area (Å²) in [5.74, 6) is 1.85. The lowest BCUT2D eigenvalue weighted by atomic mass is 9.98. The number of fused-ring (bicyclic) bond motifs is 3. The molecule has 176 valence electrons. The minimum Gasteiger partial charge on any atom is -0.494 e. The lowest BCUT2D eigenvalue weighted by Crippen LogP contribution is -2.08. The number of nitriles is 1. The lowest BCUT2D eigenvalue weighted by molar-refractivity contribution is 0.340. The zero-order valence-electron chi connectivity index (χ0n) is 20.5. The van der Waals surface area contributed by atoms with Gasteiger partial charge in [0.1, 0.15) is 17.6 Å². The molecule has 0 bridgehead atoms. The highest BCUT2D eigenvalue weighted by atomic mass is 16.5. The summed E-state index contributed by atoms with van der Waals surface area (Å²) in [4.78, 5) is 4.84. The molecule has 0 unspecified atom stereocenters. The summed E-state index contributed by atoms with van der Waals surface area (Å²) in [6, 6.07) is 18.6. The number of imidazole rings is 1. The van der Waals surface area contributed by atoms with E-state index in [-0.39, 0.29) is 0 Å². The average molecular weight is 455 g/mol. The van der Waals surface area contributed by atoms with Gasteiger partial charge in [0.15, 0.2) is 5.65 Å². The molecule has 1 N–H and O–H groups in total. The largest absolute Gasteiger partial charge is 0.494 e. The number of unbranched alkanes of at least 4 members (excludes halogenated alkanes) is 5. The second-order valence-electron chi connectivity index (χ2n) is 8.80. The normalized spacial score (nSPS) is 11.1. The van der Waals surface area contributed by atoms with E-state index >= 15 is 0 Å². The van der Waals surface area contributed by atoms with Crippen molar-refractivity contribution in [1.29, 1.82) is 5.26 Å². The Morgan fingerprint density at radius 3 is 2.44 bits per heavy atom. The number of anilines is 2. The molecule has 0 fully saturated rings. The van der Waals surface area contributed by atoms with Gasteiger partial charge in [-0.15, -0.1) is 0 Å². The van der Waals surface area contributed by atoms with Crippen LogP contribution in [0.5, 0.6) is 5.75 Å². The number of hydrogen-bond acceptors (Lipinski definition) is 4. The summed E-state index contributed by atoms with van der Waals surface area (Å²) >= 11 is 0. The van der Waals surface area contributed by atoms with E-state index in [1.165, 1.54) is 37.7 Å². The monoisotopic (exact) mass is 454 g/mol. The molecule has 0 atom stereocenters. The van der Waals surface area contributed by atoms with E-state index in [1.54, 1.807) is 0 Å². The molecule has 0 amide bonds. The maximum absolute atomic E-state index is 10.1. The Bertz CT molecular complexity index is 1300. The minimum absolute atomic E-state index is 0.644. The molecule has 5 nitrogen and oxygen atoms in total. The molecule has 0 aliphatic heterocycles. The van der Waals surface area contributed by atoms with Crippen LogP contribution in [-0.4, -0.2) is 16.0 Å². The van der Waals surface area contributed by atoms with Gasteiger partial charge in [0.05, 0.1) is 23.2 Å². The van der Waals surface area contributed by atoms with Crippen LogP contribution >= 0.6 is 0 Å². The summed E-state index contributed by atoms with van der Waals surface area (Å²) in [6.45, 7) is 6.94. The van der Waals surface area contributed by atoms with Crippen molar-refractivity contribution in [3.05, 3.63) is 65.2 Å². The number of nitrogens with zero attached hydrogens (tertiary/aromatic N) is 3. The molecule has 2 heterocycles. The fourth-order valence-corrected chi connectivity index (χ4v) is 4.64. The van der Waals surface area contributed by atoms with Crippen molar-refractivity contribution in [2.24, 2.45) is 0 Å². The molecule has 34 heavy (non-hydrogen) atoms. The number of aromatic nitrogens is 2. The lowest BCUT2D eigenvalue weighted by Gasteiger charge is -2.19. The molecular weight excluding hydrogens is 420 g/mol. The first-order valence-corrected chi connectivity index (χ1v) is 12.5. The van der Waals surface area contributed by atoms with Crippen molar-refractivity contribution in [1.82, 2.24) is 9.38 Å². The summed E-state index contributed by atoms with van der Waals surface area (Å²) < 4.78 is 7.74. The van der Waals surface area contributed by atoms with E-state index in [1.807, 2.05) is 49.4 Å². The highest BCUT2D eigenvalue weighted by molar-refractivity contribution is 5.87. The first-order chi connectivity index (χ1) is 16.7. The van der Waals surface area contributed by atoms with Gasteiger partial charge in [0.2, 0.25) is 0 Å². The predicted octanol–water partition coefficient (Wildman–Crippen LogP) is 7.71. The van der Waals surface area contributed by atoms with E-state index in [0.29, 0.717) is 17.8 Å². The van der Waals surface area contributed by atoms with Crippen LogP contribution < -0.4 is 10.1 Å². The Kier molecular flexibility index (Phi) is 7.69. The topological polar surface area (TPSA) is 62.4 Å². The number of para-hydroxylation sites is 2. The number of hydrogen-bond donors (Lipinski definition) is 1. The number of rotatable bonds is 11. The summed E-state index contributed by atoms with van der Waals surface area (Å²) in [7, 11) is 0. The molecular formula is C29H34N4O. The van der Waals surface area contributed by atoms with Gasteiger partial charge in [-0.25, -0.2) is 4.98 Å². The van der Waals surface area contributed by atoms with Crippen LogP contribution in [0.1, 0.15) is 69.1 Å². The minimum atomic E-state index is 0.644. The van der Waals surface area contributed by atoms with Crippen molar-refractivity contribution in [2.75, 3.05) is 11.9 Å². The first-order valence-electron chi connectivity index (χ1n) is 12.5. The molecule has 5 heteroatoms. The fourth-order valence-electron chi connectivity index (χ4n) is 4.64. The van der Waals surface area contributed by atoms with Gasteiger partial charge >= 0.3 is 0 Å². The van der Waals surface area contributed by atoms with Crippen molar-refractivity contribution >= 4 is 28.2 Å². The Balaban J connectivity index is 1.79. The van der Waals surface area contributed by atoms with Crippen LogP contribution in [-0.2, 0) is 6.42 Å². The maximum atomic E-state index is 10.1. The Hall–Kier alpha value is -3.52. The van der Waals surface area contributed by atoms with Crippen LogP contribution in [0.25, 0.3) is 16.7 Å². The van der Waals surface area contributed by atoms with E-state index in [9.17, 15) is 5.26 Å². The second kappa shape index (κ2) is 11.1. The first kappa shape index (κ1) is 23.6. The average Bonchev–Trinajstić information content (AvgIpc) is 3.23. The summed E-state index contributed by atoms with van der Waals surface area (Å²) in [6.07, 6.45) is 8.34. The van der Waals surface area contributed by atoms with E-state index in [2.05, 4.69) is 35.7 Å². The number of ether oxygens (including phenoxy) is 1.